The molecule has 2 aliphatic carbocycles. The summed E-state index contributed by atoms with van der Waals surface area (Å²) in [6, 6.07) is 8.49. The summed E-state index contributed by atoms with van der Waals surface area (Å²) >= 11 is 0. The third kappa shape index (κ3) is 9.96. The lowest BCUT2D eigenvalue weighted by Crippen LogP contribution is -2.44. The van der Waals surface area contributed by atoms with Crippen LogP contribution in [0.2, 0.25) is 0 Å². The predicted octanol–water partition coefficient (Wildman–Crippen LogP) is 6.28. The van der Waals surface area contributed by atoms with Crippen molar-refractivity contribution in [2.45, 2.75) is 89.1 Å². The summed E-state index contributed by atoms with van der Waals surface area (Å²) in [6.07, 6.45) is 10.2. The number of fused-ring (bicyclic) bond motifs is 1. The van der Waals surface area contributed by atoms with E-state index in [-0.39, 0.29) is 41.3 Å². The van der Waals surface area contributed by atoms with Crippen LogP contribution >= 0.6 is 0 Å². The first-order valence-electron chi connectivity index (χ1n) is 21.7. The molecule has 3 N–H and O–H groups in total. The number of piperidine rings is 1. The normalized spacial score (nSPS) is 19.4. The zero-order valence-corrected chi connectivity index (χ0v) is 35.2. The number of para-hydroxylation sites is 1. The Morgan fingerprint density at radius 2 is 1.84 bits per heavy atom. The lowest BCUT2D eigenvalue weighted by atomic mass is 9.86. The summed E-state index contributed by atoms with van der Waals surface area (Å²) in [4.78, 5) is 61.6. The molecule has 62 heavy (non-hydrogen) atoms. The van der Waals surface area contributed by atoms with Crippen molar-refractivity contribution in [3.63, 3.8) is 0 Å². The number of carbonyl (C=O) groups is 3. The van der Waals surface area contributed by atoms with Gasteiger partial charge in [0.15, 0.2) is 11.4 Å². The number of halogens is 2. The molecule has 0 bridgehead atoms. The minimum absolute atomic E-state index is 0.0325. The van der Waals surface area contributed by atoms with Gasteiger partial charge < -0.3 is 24.7 Å². The lowest BCUT2D eigenvalue weighted by Gasteiger charge is -2.31. The maximum atomic E-state index is 14.1. The SMILES string of the molecule is CN(CCCOCCCc1cccc2c1n(C)c(=O)n2[C@@H]1CCC(=O)NC1=O)C[C@H]1CC[C@H](n2cc(NC(=O)c3coc(-c4ccnc(NCC5CC5)c4)n3)c(C(F)F)n2)CC1. The minimum Gasteiger partial charge on any atom is -0.444 e. The molecule has 3 aliphatic rings. The van der Waals surface area contributed by atoms with Crippen molar-refractivity contribution in [3.05, 3.63) is 76.4 Å². The number of oxazole rings is 1. The second kappa shape index (κ2) is 19.1. The average Bonchev–Trinajstić information content (AvgIpc) is 3.66. The molecule has 3 amide bonds. The highest BCUT2D eigenvalue weighted by molar-refractivity contribution is 6.03. The zero-order chi connectivity index (χ0) is 43.3. The number of amides is 3. The van der Waals surface area contributed by atoms with Crippen LogP contribution in [0.3, 0.4) is 0 Å². The van der Waals surface area contributed by atoms with Crippen molar-refractivity contribution in [2.24, 2.45) is 18.9 Å². The number of imide groups is 1. The van der Waals surface area contributed by atoms with E-state index in [2.05, 4.69) is 43.0 Å². The van der Waals surface area contributed by atoms with Crippen LogP contribution in [-0.2, 0) is 27.8 Å². The highest BCUT2D eigenvalue weighted by Gasteiger charge is 2.32. The first kappa shape index (κ1) is 42.9. The van der Waals surface area contributed by atoms with E-state index >= 15 is 0 Å². The first-order valence-corrected chi connectivity index (χ1v) is 21.7. The van der Waals surface area contributed by atoms with Gasteiger partial charge in [-0.25, -0.2) is 23.5 Å². The van der Waals surface area contributed by atoms with Crippen LogP contribution in [0.5, 0.6) is 0 Å². The van der Waals surface area contributed by atoms with Gasteiger partial charge in [0.2, 0.25) is 17.7 Å². The smallest absolute Gasteiger partial charge is 0.329 e. The largest absolute Gasteiger partial charge is 0.444 e. The molecular weight excluding hydrogens is 803 g/mol. The van der Waals surface area contributed by atoms with Gasteiger partial charge >= 0.3 is 5.69 Å². The lowest BCUT2D eigenvalue weighted by molar-refractivity contribution is -0.135. The maximum Gasteiger partial charge on any atom is 0.329 e. The highest BCUT2D eigenvalue weighted by atomic mass is 19.3. The standard InChI is InChI=1S/C44H54F2N10O6/c1-53(19-5-21-61-20-4-7-29-6-3-8-34-39(29)54(2)44(60)56(34)35-15-16-37(57)51-42(35)59)24-28-11-13-31(14-12-28)55-25-32(38(52-55)40(45)46)49-41(58)33-26-62-43(50-33)30-17-18-47-36(22-30)48-23-27-9-10-27/h3,6,8,17-18,22,25-28,31,35,40H,4-5,7,9-16,19-21,23-24H2,1-2H3,(H,47,48)(H,49,58)(H,51,57,59)/t28-,31-,35-/m1/s1. The van der Waals surface area contributed by atoms with E-state index in [1.54, 1.807) is 34.6 Å². The van der Waals surface area contributed by atoms with Gasteiger partial charge in [-0.1, -0.05) is 12.1 Å². The molecule has 1 atom stereocenters. The summed E-state index contributed by atoms with van der Waals surface area (Å²) in [6.45, 7) is 3.85. The fourth-order valence-corrected chi connectivity index (χ4v) is 8.76. The van der Waals surface area contributed by atoms with Crippen LogP contribution in [0.4, 0.5) is 20.3 Å². The number of hydrogen-bond donors (Lipinski definition) is 3. The third-order valence-electron chi connectivity index (χ3n) is 12.3. The summed E-state index contributed by atoms with van der Waals surface area (Å²) in [7, 11) is 3.82. The van der Waals surface area contributed by atoms with E-state index < -0.39 is 30.0 Å². The molecule has 0 radical (unpaired) electrons. The third-order valence-corrected chi connectivity index (χ3v) is 12.3. The number of aromatic nitrogens is 6. The molecular formula is C44H54F2N10O6. The number of carbonyl (C=O) groups excluding carboxylic acids is 3. The highest BCUT2D eigenvalue weighted by Crippen LogP contribution is 2.36. The Balaban J connectivity index is 0.752. The molecule has 1 aliphatic heterocycles. The Bertz CT molecular complexity index is 2450. The number of pyridine rings is 1. The predicted molar refractivity (Wildman–Crippen MR) is 227 cm³/mol. The van der Waals surface area contributed by atoms with E-state index in [1.165, 1.54) is 29.9 Å². The number of ether oxygens (including phenoxy) is 1. The number of anilines is 2. The molecule has 0 spiro atoms. The molecule has 330 valence electrons. The number of nitrogens with one attached hydrogen (secondary N) is 3. The minimum atomic E-state index is -2.87. The second-order valence-electron chi connectivity index (χ2n) is 16.9. The van der Waals surface area contributed by atoms with Crippen LogP contribution in [-0.4, -0.2) is 91.4 Å². The molecule has 0 unspecified atom stereocenters. The fourth-order valence-electron chi connectivity index (χ4n) is 8.76. The number of benzene rings is 1. The molecule has 2 saturated carbocycles. The molecule has 3 fully saturated rings. The van der Waals surface area contributed by atoms with Crippen LogP contribution in [0.25, 0.3) is 22.5 Å². The Kier molecular flexibility index (Phi) is 13.2. The summed E-state index contributed by atoms with van der Waals surface area (Å²) in [5.74, 6) is 0.623. The second-order valence-corrected chi connectivity index (χ2v) is 16.9. The van der Waals surface area contributed by atoms with E-state index in [4.69, 9.17) is 9.15 Å². The number of rotatable bonds is 19. The van der Waals surface area contributed by atoms with Crippen LogP contribution < -0.4 is 21.6 Å². The van der Waals surface area contributed by atoms with Crippen LogP contribution in [0.15, 0.2) is 58.2 Å². The van der Waals surface area contributed by atoms with Crippen LogP contribution in [0, 0.1) is 11.8 Å². The molecule has 1 aromatic carbocycles. The van der Waals surface area contributed by atoms with E-state index in [0.717, 1.165) is 69.2 Å². The maximum absolute atomic E-state index is 14.1. The number of nitrogens with zero attached hydrogens (tertiary/aromatic N) is 7. The zero-order valence-electron chi connectivity index (χ0n) is 35.2. The van der Waals surface area contributed by atoms with Crippen molar-refractivity contribution in [2.75, 3.05) is 50.5 Å². The monoisotopic (exact) mass is 856 g/mol. The van der Waals surface area contributed by atoms with Gasteiger partial charge in [-0.3, -0.25) is 33.5 Å². The van der Waals surface area contributed by atoms with E-state index in [9.17, 15) is 28.0 Å². The molecule has 5 aromatic rings. The van der Waals surface area contributed by atoms with Gasteiger partial charge in [-0.15, -0.1) is 0 Å². The Labute approximate surface area is 357 Å². The Morgan fingerprint density at radius 1 is 1.05 bits per heavy atom. The average molecular weight is 857 g/mol. The van der Waals surface area contributed by atoms with Gasteiger partial charge in [0.1, 0.15) is 18.1 Å². The Morgan fingerprint density at radius 3 is 2.61 bits per heavy atom. The van der Waals surface area contributed by atoms with Crippen LogP contribution in [0.1, 0.15) is 104 Å². The van der Waals surface area contributed by atoms with Crippen molar-refractivity contribution in [1.82, 2.24) is 39.1 Å². The molecule has 8 rings (SSSR count). The number of aryl methyl sites for hydroxylation is 2. The molecule has 16 nitrogen and oxygen atoms in total. The summed E-state index contributed by atoms with van der Waals surface area (Å²) in [5, 5.41) is 12.5. The van der Waals surface area contributed by atoms with E-state index in [1.807, 2.05) is 18.2 Å². The Hall–Kier alpha value is -5.75. The number of imidazole rings is 1. The fraction of sp³-hybridized carbons (Fsp3) is 0.523. The van der Waals surface area contributed by atoms with Gasteiger partial charge in [-0.05, 0) is 107 Å². The number of hydrogen-bond acceptors (Lipinski definition) is 11. The van der Waals surface area contributed by atoms with Crippen molar-refractivity contribution < 1.29 is 32.3 Å². The van der Waals surface area contributed by atoms with Gasteiger partial charge in [0, 0.05) is 64.3 Å². The topological polar surface area (TPSA) is 183 Å². The summed E-state index contributed by atoms with van der Waals surface area (Å²) in [5.41, 5.74) is 2.30. The van der Waals surface area contributed by atoms with Gasteiger partial charge in [0.05, 0.1) is 22.8 Å². The van der Waals surface area contributed by atoms with Gasteiger partial charge in [0.25, 0.3) is 12.3 Å². The van der Waals surface area contributed by atoms with E-state index in [0.29, 0.717) is 54.8 Å². The summed E-state index contributed by atoms with van der Waals surface area (Å²) < 4.78 is 44.5. The number of alkyl halides is 2. The molecule has 4 aromatic heterocycles. The molecule has 5 heterocycles. The van der Waals surface area contributed by atoms with Gasteiger partial charge in [-0.2, -0.15) is 5.10 Å². The van der Waals surface area contributed by atoms with Crippen molar-refractivity contribution in [3.8, 4) is 11.5 Å². The molecule has 18 heteroatoms. The van der Waals surface area contributed by atoms with Crippen molar-refractivity contribution >= 4 is 40.3 Å². The quantitative estimate of drug-likeness (QED) is 0.0628. The van der Waals surface area contributed by atoms with Crippen molar-refractivity contribution in [1.29, 1.82) is 0 Å². The molecule has 1 saturated heterocycles. The first-order chi connectivity index (χ1) is 30.0.